The van der Waals surface area contributed by atoms with Crippen LogP contribution >= 0.6 is 0 Å². The van der Waals surface area contributed by atoms with Crippen molar-refractivity contribution >= 4 is 16.4 Å². The minimum Gasteiger partial charge on any atom is -0.495 e. The van der Waals surface area contributed by atoms with E-state index in [1.807, 2.05) is 6.07 Å². The van der Waals surface area contributed by atoms with Gasteiger partial charge in [-0.1, -0.05) is 19.9 Å². The third kappa shape index (κ3) is 3.96. The van der Waals surface area contributed by atoms with Crippen LogP contribution in [0.1, 0.15) is 31.7 Å². The van der Waals surface area contributed by atoms with Crippen molar-refractivity contribution in [1.82, 2.24) is 4.90 Å². The summed E-state index contributed by atoms with van der Waals surface area (Å²) in [5, 5.41) is 0. The Balaban J connectivity index is 3.33. The van der Waals surface area contributed by atoms with E-state index in [4.69, 9.17) is 4.74 Å². The first-order chi connectivity index (χ1) is 9.31. The molecule has 0 aromatic heterocycles. The molecule has 0 saturated carbocycles. The minimum absolute atomic E-state index is 0.107. The van der Waals surface area contributed by atoms with Gasteiger partial charge in [-0.3, -0.25) is 0 Å². The van der Waals surface area contributed by atoms with Crippen molar-refractivity contribution < 1.29 is 13.2 Å². The lowest BCUT2D eigenvalue weighted by molar-refractivity contribution is 0.402. The molecule has 1 atom stereocenters. The van der Waals surface area contributed by atoms with Crippen molar-refractivity contribution in [2.45, 2.75) is 31.1 Å². The Morgan fingerprint density at radius 1 is 1.40 bits per heavy atom. The number of sulfonamides is 1. The first-order valence-electron chi connectivity index (χ1n) is 6.46. The maximum absolute atomic E-state index is 12.3. The van der Waals surface area contributed by atoms with Gasteiger partial charge in [0.25, 0.3) is 10.0 Å². The number of methoxy groups -OCH3 is 1. The fourth-order valence-electron chi connectivity index (χ4n) is 1.65. The van der Waals surface area contributed by atoms with Crippen molar-refractivity contribution in [3.63, 3.8) is 0 Å². The van der Waals surface area contributed by atoms with Crippen LogP contribution in [0.5, 0.6) is 5.75 Å². The molecule has 0 fully saturated rings. The summed E-state index contributed by atoms with van der Waals surface area (Å²) in [6.45, 7) is 4.12. The molecule has 0 heterocycles. The molecule has 0 aliphatic heterocycles. The van der Waals surface area contributed by atoms with E-state index in [1.54, 1.807) is 31.1 Å². The number of nitrogens with zero attached hydrogens (tertiary/aromatic N) is 2. The molecule has 1 rings (SSSR count). The summed E-state index contributed by atoms with van der Waals surface area (Å²) in [4.78, 5) is 1.68. The molecule has 1 aromatic carbocycles. The van der Waals surface area contributed by atoms with E-state index >= 15 is 0 Å². The lowest BCUT2D eigenvalue weighted by Gasteiger charge is -2.13. The predicted octanol–water partition coefficient (Wildman–Crippen LogP) is 2.49. The first kappa shape index (κ1) is 16.5. The van der Waals surface area contributed by atoms with Gasteiger partial charge in [-0.2, -0.15) is 8.42 Å². The van der Waals surface area contributed by atoms with Gasteiger partial charge >= 0.3 is 0 Å². The number of hydrogen-bond donors (Lipinski definition) is 0. The highest BCUT2D eigenvalue weighted by Gasteiger charge is 2.20. The monoisotopic (exact) mass is 298 g/mol. The van der Waals surface area contributed by atoms with Crippen molar-refractivity contribution in [3.05, 3.63) is 23.8 Å². The molecule has 0 aliphatic rings. The van der Waals surface area contributed by atoms with Gasteiger partial charge in [-0.25, -0.2) is 0 Å². The number of hydrogen-bond acceptors (Lipinski definition) is 3. The zero-order valence-corrected chi connectivity index (χ0v) is 13.4. The summed E-state index contributed by atoms with van der Waals surface area (Å²) >= 11 is 0. The van der Waals surface area contributed by atoms with E-state index in [2.05, 4.69) is 18.2 Å². The summed E-state index contributed by atoms with van der Waals surface area (Å²) in [6, 6.07) is 5.22. The molecular formula is C14H22N2O3S. The Labute approximate surface area is 121 Å². The van der Waals surface area contributed by atoms with Gasteiger partial charge in [0.05, 0.1) is 7.11 Å². The summed E-state index contributed by atoms with van der Waals surface area (Å²) in [6.07, 6.45) is 2.21. The van der Waals surface area contributed by atoms with Crippen LogP contribution in [0.25, 0.3) is 0 Å². The second kappa shape index (κ2) is 6.74. The van der Waals surface area contributed by atoms with Crippen molar-refractivity contribution in [1.29, 1.82) is 0 Å². The standard InChI is InChI=1S/C14H22N2O3S/c1-6-11(2)12-7-8-13(19-5)14(9-12)20(17,18)15-10-16(3)4/h7-11H,6H2,1-5H3/b15-10+. The molecule has 6 heteroatoms. The van der Waals surface area contributed by atoms with Crippen LogP contribution in [0, 0.1) is 0 Å². The van der Waals surface area contributed by atoms with Gasteiger partial charge < -0.3 is 9.64 Å². The van der Waals surface area contributed by atoms with Crippen molar-refractivity contribution in [2.24, 2.45) is 4.40 Å². The average Bonchev–Trinajstić information content (AvgIpc) is 2.43. The number of benzene rings is 1. The molecule has 20 heavy (non-hydrogen) atoms. The highest BCUT2D eigenvalue weighted by atomic mass is 32.2. The second-order valence-corrected chi connectivity index (χ2v) is 6.48. The third-order valence-electron chi connectivity index (χ3n) is 3.06. The van der Waals surface area contributed by atoms with Crippen molar-refractivity contribution in [2.75, 3.05) is 21.2 Å². The summed E-state index contributed by atoms with van der Waals surface area (Å²) in [5.41, 5.74) is 0.965. The summed E-state index contributed by atoms with van der Waals surface area (Å²) < 4.78 is 33.3. The topological polar surface area (TPSA) is 59.0 Å². The SMILES string of the molecule is CCC(C)c1ccc(OC)c(S(=O)(=O)/N=C/N(C)C)c1. The maximum atomic E-state index is 12.3. The quantitative estimate of drug-likeness (QED) is 0.598. The Morgan fingerprint density at radius 2 is 2.05 bits per heavy atom. The lowest BCUT2D eigenvalue weighted by Crippen LogP contribution is -2.11. The zero-order chi connectivity index (χ0) is 15.3. The molecule has 0 N–H and O–H groups in total. The molecule has 0 bridgehead atoms. The molecule has 0 aliphatic carbocycles. The largest absolute Gasteiger partial charge is 0.495 e. The van der Waals surface area contributed by atoms with Crippen LogP contribution in [0.2, 0.25) is 0 Å². The van der Waals surface area contributed by atoms with E-state index in [9.17, 15) is 8.42 Å². The minimum atomic E-state index is -3.76. The van der Waals surface area contributed by atoms with Gasteiger partial charge in [0.2, 0.25) is 0 Å². The molecule has 0 radical (unpaired) electrons. The molecule has 5 nitrogen and oxygen atoms in total. The highest BCUT2D eigenvalue weighted by molar-refractivity contribution is 7.90. The molecule has 1 aromatic rings. The molecule has 0 spiro atoms. The van der Waals surface area contributed by atoms with Crippen LogP contribution in [-0.2, 0) is 10.0 Å². The highest BCUT2D eigenvalue weighted by Crippen LogP contribution is 2.30. The van der Waals surface area contributed by atoms with E-state index in [-0.39, 0.29) is 10.8 Å². The Kier molecular flexibility index (Phi) is 5.56. The fourth-order valence-corrected chi connectivity index (χ4v) is 2.77. The van der Waals surface area contributed by atoms with Gasteiger partial charge in [0, 0.05) is 14.1 Å². The second-order valence-electron chi connectivity index (χ2n) is 4.88. The first-order valence-corrected chi connectivity index (χ1v) is 7.90. The normalized spacial score (nSPS) is 13.4. The van der Waals surface area contributed by atoms with E-state index in [0.717, 1.165) is 12.0 Å². The van der Waals surface area contributed by atoms with E-state index in [0.29, 0.717) is 5.75 Å². The smallest absolute Gasteiger partial charge is 0.287 e. The van der Waals surface area contributed by atoms with Crippen LogP contribution in [0.3, 0.4) is 0 Å². The van der Waals surface area contributed by atoms with Gasteiger partial charge in [0.1, 0.15) is 17.0 Å². The van der Waals surface area contributed by atoms with Crippen molar-refractivity contribution in [3.8, 4) is 5.75 Å². The van der Waals surface area contributed by atoms with Gasteiger partial charge in [-0.15, -0.1) is 4.40 Å². The van der Waals surface area contributed by atoms with Crippen LogP contribution in [0.15, 0.2) is 27.5 Å². The molecule has 112 valence electrons. The summed E-state index contributed by atoms with van der Waals surface area (Å²) in [5.74, 6) is 0.598. The average molecular weight is 298 g/mol. The fraction of sp³-hybridized carbons (Fsp3) is 0.500. The van der Waals surface area contributed by atoms with Crippen LogP contribution < -0.4 is 4.74 Å². The number of rotatable bonds is 6. The lowest BCUT2D eigenvalue weighted by atomic mass is 9.99. The molecular weight excluding hydrogens is 276 g/mol. The predicted molar refractivity (Wildman–Crippen MR) is 81.1 cm³/mol. The maximum Gasteiger partial charge on any atom is 0.287 e. The Hall–Kier alpha value is -1.56. The van der Waals surface area contributed by atoms with E-state index in [1.165, 1.54) is 13.4 Å². The van der Waals surface area contributed by atoms with Gasteiger partial charge in [0.15, 0.2) is 0 Å². The summed E-state index contributed by atoms with van der Waals surface area (Å²) in [7, 11) is 1.12. The van der Waals surface area contributed by atoms with Crippen LogP contribution in [0.4, 0.5) is 0 Å². The third-order valence-corrected chi connectivity index (χ3v) is 4.31. The number of ether oxygens (including phenoxy) is 1. The van der Waals surface area contributed by atoms with Crippen LogP contribution in [-0.4, -0.2) is 40.9 Å². The zero-order valence-electron chi connectivity index (χ0n) is 12.6. The molecule has 0 amide bonds. The van der Waals surface area contributed by atoms with Gasteiger partial charge in [-0.05, 0) is 30.0 Å². The Bertz CT molecular complexity index is 580. The molecule has 1 unspecified atom stereocenters. The van der Waals surface area contributed by atoms with E-state index < -0.39 is 10.0 Å². The Morgan fingerprint density at radius 3 is 2.55 bits per heavy atom. The molecule has 0 saturated heterocycles.